The lowest BCUT2D eigenvalue weighted by atomic mass is 9.93. The second-order valence-corrected chi connectivity index (χ2v) is 4.47. The van der Waals surface area contributed by atoms with Crippen LogP contribution in [0.4, 0.5) is 0 Å². The van der Waals surface area contributed by atoms with Crippen LogP contribution in [-0.4, -0.2) is 6.29 Å². The quantitative estimate of drug-likeness (QED) is 0.641. The first-order chi connectivity index (χ1) is 8.31. The number of thiol groups is 1. The molecule has 1 atom stereocenters. The Kier molecular flexibility index (Phi) is 3.99. The van der Waals surface area contributed by atoms with Crippen LogP contribution in [0.15, 0.2) is 59.5 Å². The largest absolute Gasteiger partial charge is 0.303 e. The Hall–Kier alpha value is -1.54. The summed E-state index contributed by atoms with van der Waals surface area (Å²) in [5.74, 6) is -0.119. The van der Waals surface area contributed by atoms with E-state index in [4.69, 9.17) is 0 Å². The highest BCUT2D eigenvalue weighted by atomic mass is 32.1. The number of hydrogen-bond donors (Lipinski definition) is 1. The van der Waals surface area contributed by atoms with Crippen LogP contribution in [0.1, 0.15) is 17.0 Å². The number of rotatable bonds is 4. The average molecular weight is 242 g/mol. The van der Waals surface area contributed by atoms with Gasteiger partial charge in [0.1, 0.15) is 6.29 Å². The molecule has 86 valence electrons. The molecule has 0 aromatic heterocycles. The van der Waals surface area contributed by atoms with Gasteiger partial charge < -0.3 is 4.79 Å². The molecule has 0 spiro atoms. The molecule has 0 aliphatic carbocycles. The van der Waals surface area contributed by atoms with Crippen LogP contribution in [0.2, 0.25) is 0 Å². The van der Waals surface area contributed by atoms with Gasteiger partial charge in [0.2, 0.25) is 0 Å². The molecule has 0 heterocycles. The number of benzene rings is 2. The third-order valence-electron chi connectivity index (χ3n) is 2.80. The fourth-order valence-corrected chi connectivity index (χ4v) is 2.23. The molecule has 2 heteroatoms. The Labute approximate surface area is 107 Å². The summed E-state index contributed by atoms with van der Waals surface area (Å²) in [6.45, 7) is 0. The topological polar surface area (TPSA) is 17.1 Å². The average Bonchev–Trinajstić information content (AvgIpc) is 2.38. The van der Waals surface area contributed by atoms with Crippen LogP contribution in [0, 0.1) is 0 Å². The van der Waals surface area contributed by atoms with E-state index in [1.165, 1.54) is 5.56 Å². The van der Waals surface area contributed by atoms with Gasteiger partial charge in [-0.05, 0) is 23.6 Å². The molecule has 0 fully saturated rings. The zero-order valence-corrected chi connectivity index (χ0v) is 10.3. The first kappa shape index (κ1) is 11.9. The van der Waals surface area contributed by atoms with Gasteiger partial charge in [0, 0.05) is 10.8 Å². The van der Waals surface area contributed by atoms with Gasteiger partial charge in [-0.15, -0.1) is 12.6 Å². The molecule has 1 unspecified atom stereocenters. The van der Waals surface area contributed by atoms with Crippen molar-refractivity contribution >= 4 is 18.9 Å². The molecule has 0 N–H and O–H groups in total. The minimum atomic E-state index is -0.119. The van der Waals surface area contributed by atoms with E-state index >= 15 is 0 Å². The Morgan fingerprint density at radius 1 is 1.00 bits per heavy atom. The molecular weight excluding hydrogens is 228 g/mol. The molecule has 0 saturated heterocycles. The number of carbonyl (C=O) groups is 1. The van der Waals surface area contributed by atoms with Crippen molar-refractivity contribution in [3.05, 3.63) is 65.7 Å². The summed E-state index contributed by atoms with van der Waals surface area (Å²) in [6.07, 6.45) is 1.73. The van der Waals surface area contributed by atoms with Gasteiger partial charge in [-0.1, -0.05) is 48.5 Å². The van der Waals surface area contributed by atoms with Crippen LogP contribution >= 0.6 is 12.6 Å². The Morgan fingerprint density at radius 3 is 2.29 bits per heavy atom. The van der Waals surface area contributed by atoms with Crippen LogP contribution < -0.4 is 0 Å². The third kappa shape index (κ3) is 2.98. The SMILES string of the molecule is O=CC(Cc1ccccc1)c1ccccc1S. The third-order valence-corrected chi connectivity index (χ3v) is 3.21. The van der Waals surface area contributed by atoms with Crippen molar-refractivity contribution in [2.24, 2.45) is 0 Å². The number of carbonyl (C=O) groups excluding carboxylic acids is 1. The minimum absolute atomic E-state index is 0.119. The van der Waals surface area contributed by atoms with Crippen molar-refractivity contribution in [3.63, 3.8) is 0 Å². The summed E-state index contributed by atoms with van der Waals surface area (Å²) in [5.41, 5.74) is 2.16. The van der Waals surface area contributed by atoms with Gasteiger partial charge >= 0.3 is 0 Å². The standard InChI is InChI=1S/C15H14OS/c16-11-13(10-12-6-2-1-3-7-12)14-8-4-5-9-15(14)17/h1-9,11,13,17H,10H2. The second-order valence-electron chi connectivity index (χ2n) is 3.99. The Balaban J connectivity index is 2.24. The molecule has 0 bridgehead atoms. The van der Waals surface area contributed by atoms with Gasteiger partial charge in [-0.2, -0.15) is 0 Å². The zero-order valence-electron chi connectivity index (χ0n) is 9.41. The predicted octanol–water partition coefficient (Wildman–Crippen LogP) is 3.50. The van der Waals surface area contributed by atoms with Crippen LogP contribution in [0.3, 0.4) is 0 Å². The first-order valence-corrected chi connectivity index (χ1v) is 6.03. The molecule has 0 amide bonds. The van der Waals surface area contributed by atoms with E-state index < -0.39 is 0 Å². The highest BCUT2D eigenvalue weighted by Gasteiger charge is 2.13. The maximum absolute atomic E-state index is 11.2. The van der Waals surface area contributed by atoms with Crippen LogP contribution in [0.25, 0.3) is 0 Å². The van der Waals surface area contributed by atoms with E-state index in [-0.39, 0.29) is 5.92 Å². The van der Waals surface area contributed by atoms with Gasteiger partial charge in [-0.3, -0.25) is 0 Å². The molecule has 2 aromatic carbocycles. The fourth-order valence-electron chi connectivity index (χ4n) is 1.90. The molecule has 0 aliphatic heterocycles. The van der Waals surface area contributed by atoms with E-state index in [1.54, 1.807) is 0 Å². The van der Waals surface area contributed by atoms with Crippen molar-refractivity contribution < 1.29 is 4.79 Å². The lowest BCUT2D eigenvalue weighted by molar-refractivity contribution is -0.109. The summed E-state index contributed by atoms with van der Waals surface area (Å²) in [6, 6.07) is 17.8. The summed E-state index contributed by atoms with van der Waals surface area (Å²) < 4.78 is 0. The van der Waals surface area contributed by atoms with Gasteiger partial charge in [0.25, 0.3) is 0 Å². The smallest absolute Gasteiger partial charge is 0.127 e. The van der Waals surface area contributed by atoms with E-state index in [0.29, 0.717) is 0 Å². The lowest BCUT2D eigenvalue weighted by Crippen LogP contribution is -2.05. The summed E-state index contributed by atoms with van der Waals surface area (Å²) >= 11 is 4.40. The summed E-state index contributed by atoms with van der Waals surface area (Å²) in [7, 11) is 0. The second kappa shape index (κ2) is 5.69. The number of aldehydes is 1. The van der Waals surface area contributed by atoms with Gasteiger partial charge in [0.05, 0.1) is 0 Å². The minimum Gasteiger partial charge on any atom is -0.303 e. The molecular formula is C15H14OS. The molecule has 0 saturated carbocycles. The molecule has 1 nitrogen and oxygen atoms in total. The highest BCUT2D eigenvalue weighted by Crippen LogP contribution is 2.24. The molecule has 17 heavy (non-hydrogen) atoms. The molecule has 0 aliphatic rings. The number of hydrogen-bond acceptors (Lipinski definition) is 2. The Bertz CT molecular complexity index is 493. The zero-order chi connectivity index (χ0) is 12.1. The van der Waals surface area contributed by atoms with Crippen LogP contribution in [-0.2, 0) is 11.2 Å². The van der Waals surface area contributed by atoms with E-state index in [9.17, 15) is 4.79 Å². The first-order valence-electron chi connectivity index (χ1n) is 5.58. The Morgan fingerprint density at radius 2 is 1.65 bits per heavy atom. The predicted molar refractivity (Wildman–Crippen MR) is 72.6 cm³/mol. The fraction of sp³-hybridized carbons (Fsp3) is 0.133. The van der Waals surface area contributed by atoms with E-state index in [2.05, 4.69) is 12.6 Å². The van der Waals surface area contributed by atoms with E-state index in [1.807, 2.05) is 54.6 Å². The van der Waals surface area contributed by atoms with Crippen molar-refractivity contribution in [3.8, 4) is 0 Å². The van der Waals surface area contributed by atoms with Crippen LogP contribution in [0.5, 0.6) is 0 Å². The monoisotopic (exact) mass is 242 g/mol. The lowest BCUT2D eigenvalue weighted by Gasteiger charge is -2.12. The van der Waals surface area contributed by atoms with Crippen molar-refractivity contribution in [2.45, 2.75) is 17.2 Å². The van der Waals surface area contributed by atoms with Gasteiger partial charge in [-0.25, -0.2) is 0 Å². The van der Waals surface area contributed by atoms with Crippen molar-refractivity contribution in [2.75, 3.05) is 0 Å². The van der Waals surface area contributed by atoms with Crippen molar-refractivity contribution in [1.29, 1.82) is 0 Å². The summed E-state index contributed by atoms with van der Waals surface area (Å²) in [5, 5.41) is 0. The van der Waals surface area contributed by atoms with Crippen molar-refractivity contribution in [1.82, 2.24) is 0 Å². The molecule has 0 radical (unpaired) electrons. The molecule has 2 aromatic rings. The maximum Gasteiger partial charge on any atom is 0.127 e. The van der Waals surface area contributed by atoms with Gasteiger partial charge in [0.15, 0.2) is 0 Å². The molecule has 2 rings (SSSR count). The van der Waals surface area contributed by atoms with E-state index in [0.717, 1.165) is 23.2 Å². The summed E-state index contributed by atoms with van der Waals surface area (Å²) in [4.78, 5) is 12.1. The maximum atomic E-state index is 11.2. The highest BCUT2D eigenvalue weighted by molar-refractivity contribution is 7.80. The normalized spacial score (nSPS) is 12.1.